The van der Waals surface area contributed by atoms with Crippen molar-refractivity contribution in [3.05, 3.63) is 0 Å². The van der Waals surface area contributed by atoms with E-state index in [2.05, 4.69) is 10.3 Å². The van der Waals surface area contributed by atoms with Crippen molar-refractivity contribution in [2.24, 2.45) is 15.5 Å². The second kappa shape index (κ2) is 3.65. The predicted octanol–water partition coefficient (Wildman–Crippen LogP) is -0.595. The van der Waals surface area contributed by atoms with Gasteiger partial charge in [0.2, 0.25) is 10.3 Å². The van der Waals surface area contributed by atoms with Gasteiger partial charge in [0.25, 0.3) is 0 Å². The molecule has 0 aliphatic carbocycles. The third kappa shape index (κ3) is 1.62. The van der Waals surface area contributed by atoms with Gasteiger partial charge in [-0.1, -0.05) is 5.22 Å². The zero-order valence-electron chi connectivity index (χ0n) is 5.67. The van der Waals surface area contributed by atoms with E-state index in [1.165, 1.54) is 0 Å². The van der Waals surface area contributed by atoms with Crippen molar-refractivity contribution in [2.75, 3.05) is 6.54 Å². The lowest BCUT2D eigenvalue weighted by molar-refractivity contribution is 0.245. The summed E-state index contributed by atoms with van der Waals surface area (Å²) in [6.07, 6.45) is 0. The maximum atomic E-state index is 10.8. The summed E-state index contributed by atoms with van der Waals surface area (Å²) in [6.45, 7) is -0.109. The van der Waals surface area contributed by atoms with Crippen LogP contribution < -0.4 is 5.14 Å². The van der Waals surface area contributed by atoms with Crippen molar-refractivity contribution in [3.8, 4) is 0 Å². The van der Waals surface area contributed by atoms with E-state index in [0.29, 0.717) is 17.0 Å². The van der Waals surface area contributed by atoms with Gasteiger partial charge in [-0.3, -0.25) is 9.93 Å². The SMILES string of the molecule is NSC(=O)N1N=NCC1=S(=O)=O. The van der Waals surface area contributed by atoms with Crippen LogP contribution in [0.3, 0.4) is 0 Å². The second-order valence-electron chi connectivity index (χ2n) is 1.71. The van der Waals surface area contributed by atoms with Crippen molar-refractivity contribution in [2.45, 2.75) is 0 Å². The first kappa shape index (κ1) is 9.16. The maximum Gasteiger partial charge on any atom is 0.323 e. The van der Waals surface area contributed by atoms with Crippen molar-refractivity contribution in [3.63, 3.8) is 0 Å². The zero-order valence-corrected chi connectivity index (χ0v) is 7.30. The highest BCUT2D eigenvalue weighted by Crippen LogP contribution is 2.09. The van der Waals surface area contributed by atoms with Gasteiger partial charge in [-0.15, -0.1) is 0 Å². The molecule has 0 bridgehead atoms. The van der Waals surface area contributed by atoms with Crippen LogP contribution in [0.4, 0.5) is 4.79 Å². The molecule has 1 rings (SSSR count). The van der Waals surface area contributed by atoms with E-state index in [1.54, 1.807) is 0 Å². The van der Waals surface area contributed by atoms with Gasteiger partial charge in [-0.05, 0) is 0 Å². The number of nitrogens with two attached hydrogens (primary N) is 1. The Balaban J connectivity index is 2.99. The number of nitrogens with zero attached hydrogens (tertiary/aromatic N) is 3. The average molecular weight is 208 g/mol. The van der Waals surface area contributed by atoms with Crippen LogP contribution in [0.1, 0.15) is 0 Å². The van der Waals surface area contributed by atoms with Crippen LogP contribution in [0.25, 0.3) is 0 Å². The maximum absolute atomic E-state index is 10.8. The lowest BCUT2D eigenvalue weighted by atomic mass is 10.6. The van der Waals surface area contributed by atoms with Crippen molar-refractivity contribution in [1.82, 2.24) is 5.01 Å². The molecular formula is C3H4N4O3S2. The number of carbonyl (C=O) groups is 1. The van der Waals surface area contributed by atoms with E-state index in [4.69, 9.17) is 5.14 Å². The molecule has 0 saturated heterocycles. The molecule has 1 heterocycles. The first-order valence-corrected chi connectivity index (χ1v) is 4.65. The van der Waals surface area contributed by atoms with Gasteiger partial charge in [0, 0.05) is 11.9 Å². The number of rotatable bonds is 0. The van der Waals surface area contributed by atoms with E-state index in [1.807, 2.05) is 0 Å². The molecule has 0 unspecified atom stereocenters. The Morgan fingerprint density at radius 1 is 1.67 bits per heavy atom. The van der Waals surface area contributed by atoms with Crippen molar-refractivity contribution in [1.29, 1.82) is 0 Å². The third-order valence-electron chi connectivity index (χ3n) is 1.06. The lowest BCUT2D eigenvalue weighted by Gasteiger charge is -2.04. The van der Waals surface area contributed by atoms with Gasteiger partial charge in [-0.25, -0.2) is 0 Å². The molecule has 7 nitrogen and oxygen atoms in total. The molecule has 0 aromatic carbocycles. The Morgan fingerprint density at radius 3 is 2.83 bits per heavy atom. The largest absolute Gasteiger partial charge is 0.323 e. The summed E-state index contributed by atoms with van der Waals surface area (Å²) in [5, 5.41) is 11.6. The Labute approximate surface area is 73.3 Å². The number of hydrogen-bond acceptors (Lipinski definition) is 7. The van der Waals surface area contributed by atoms with Crippen LogP contribution in [-0.2, 0) is 10.3 Å². The van der Waals surface area contributed by atoms with Gasteiger partial charge in [0.15, 0.2) is 4.99 Å². The first-order valence-electron chi connectivity index (χ1n) is 2.70. The Kier molecular flexibility index (Phi) is 2.78. The fraction of sp³-hybridized carbons (Fsp3) is 0.333. The van der Waals surface area contributed by atoms with Crippen LogP contribution >= 0.6 is 11.9 Å². The first-order chi connectivity index (χ1) is 5.66. The molecule has 0 atom stereocenters. The highest BCUT2D eigenvalue weighted by molar-refractivity contribution is 8.11. The molecule has 2 N–H and O–H groups in total. The summed E-state index contributed by atoms with van der Waals surface area (Å²) < 4.78 is 20.9. The number of carbonyl (C=O) groups excluding carboxylic acids is 1. The van der Waals surface area contributed by atoms with Gasteiger partial charge < -0.3 is 0 Å². The van der Waals surface area contributed by atoms with Crippen LogP contribution in [0.2, 0.25) is 0 Å². The minimum absolute atomic E-state index is 0.109. The molecule has 1 aliphatic heterocycles. The van der Waals surface area contributed by atoms with Crippen LogP contribution in [0.5, 0.6) is 0 Å². The van der Waals surface area contributed by atoms with Gasteiger partial charge >= 0.3 is 5.24 Å². The van der Waals surface area contributed by atoms with Gasteiger partial charge in [0.1, 0.15) is 6.54 Å². The molecule has 9 heteroatoms. The minimum Gasteiger partial charge on any atom is -0.269 e. The fourth-order valence-electron chi connectivity index (χ4n) is 0.584. The predicted molar refractivity (Wildman–Crippen MR) is 42.7 cm³/mol. The Bertz CT molecular complexity index is 350. The average Bonchev–Trinajstić information content (AvgIpc) is 2.50. The molecule has 0 radical (unpaired) electrons. The van der Waals surface area contributed by atoms with Gasteiger partial charge in [0.05, 0.1) is 0 Å². The smallest absolute Gasteiger partial charge is 0.269 e. The van der Waals surface area contributed by atoms with Crippen LogP contribution in [0.15, 0.2) is 10.3 Å². The highest BCUT2D eigenvalue weighted by atomic mass is 32.2. The molecule has 12 heavy (non-hydrogen) atoms. The summed E-state index contributed by atoms with van der Waals surface area (Å²) in [6, 6.07) is 0. The second-order valence-corrected chi connectivity index (χ2v) is 3.24. The van der Waals surface area contributed by atoms with Gasteiger partial charge in [-0.2, -0.15) is 18.5 Å². The zero-order chi connectivity index (χ0) is 9.14. The molecule has 0 spiro atoms. The Hall–Kier alpha value is -0.930. The van der Waals surface area contributed by atoms with E-state index in [-0.39, 0.29) is 11.5 Å². The minimum atomic E-state index is -2.48. The Morgan fingerprint density at radius 2 is 2.33 bits per heavy atom. The molecule has 1 aliphatic rings. The summed E-state index contributed by atoms with van der Waals surface area (Å²) in [5.74, 6) is 0. The summed E-state index contributed by atoms with van der Waals surface area (Å²) in [4.78, 5) is 10.7. The molecule has 66 valence electrons. The molecule has 0 saturated carbocycles. The van der Waals surface area contributed by atoms with E-state index >= 15 is 0 Å². The summed E-state index contributed by atoms with van der Waals surface area (Å²) >= 11 is 0.382. The summed E-state index contributed by atoms with van der Waals surface area (Å²) in [7, 11) is -2.48. The molecular weight excluding hydrogens is 204 g/mol. The van der Waals surface area contributed by atoms with E-state index < -0.39 is 15.5 Å². The third-order valence-corrected chi connectivity index (χ3v) is 2.12. The normalized spacial score (nSPS) is 15.4. The van der Waals surface area contributed by atoms with Crippen LogP contribution in [0, 0.1) is 0 Å². The molecule has 0 aromatic heterocycles. The van der Waals surface area contributed by atoms with Crippen molar-refractivity contribution < 1.29 is 13.2 Å². The molecule has 0 aromatic rings. The molecule has 0 fully saturated rings. The monoisotopic (exact) mass is 208 g/mol. The summed E-state index contributed by atoms with van der Waals surface area (Å²) in [5.41, 5.74) is 0. The standard InChI is InChI=1S/C3H4N4O3S2/c4-11-3(8)7-2(12(9)10)1-5-6-7/h1,4H2. The highest BCUT2D eigenvalue weighted by Gasteiger charge is 2.24. The quantitative estimate of drug-likeness (QED) is 0.423. The topological polar surface area (TPSA) is 105 Å². The molecule has 1 amide bonds. The number of amides is 1. The van der Waals surface area contributed by atoms with E-state index in [0.717, 1.165) is 0 Å². The van der Waals surface area contributed by atoms with Crippen LogP contribution in [-0.4, -0.2) is 30.2 Å². The number of hydrogen-bond donors (Lipinski definition) is 1. The fourth-order valence-corrected chi connectivity index (χ4v) is 1.31. The van der Waals surface area contributed by atoms with E-state index in [9.17, 15) is 13.2 Å². The van der Waals surface area contributed by atoms with Crippen molar-refractivity contribution >= 4 is 32.5 Å². The lowest BCUT2D eigenvalue weighted by Crippen LogP contribution is -2.28.